The first-order valence-corrected chi connectivity index (χ1v) is 14.0. The molecule has 3 aliphatic heterocycles. The van der Waals surface area contributed by atoms with Gasteiger partial charge in [0.2, 0.25) is 12.2 Å². The molecule has 15 atom stereocenters. The molecule has 17 heteroatoms. The van der Waals surface area contributed by atoms with E-state index >= 15 is 0 Å². The standard InChI is InChI=1S/C27H39NO16/c1-10-17(33)19(35)21(37)26(39-10)44-24-16(28-11(2)32)25(40-13-5-3-12(7-29)4-6-13)42-15(9-31)23(24)43-27-22(38)20(36)18(34)14(8-30)41-27/h3-7,10,14-27,30-31,33-38H,8-9H2,1-2H3,(H,28,32)/t10-,14+,15+,16+,17+,18-,19+,20-,21-,22+,23+,24+,25+,26-,27-/m0/s1. The van der Waals surface area contributed by atoms with E-state index in [1.807, 2.05) is 0 Å². The Labute approximate surface area is 251 Å². The predicted molar refractivity (Wildman–Crippen MR) is 142 cm³/mol. The first-order valence-electron chi connectivity index (χ1n) is 14.0. The minimum atomic E-state index is -1.87. The van der Waals surface area contributed by atoms with Crippen molar-refractivity contribution in [1.82, 2.24) is 5.32 Å². The fraction of sp³-hybridized carbons (Fsp3) is 0.704. The van der Waals surface area contributed by atoms with E-state index in [0.717, 1.165) is 0 Å². The Kier molecular flexibility index (Phi) is 11.6. The number of hydrogen-bond acceptors (Lipinski definition) is 16. The van der Waals surface area contributed by atoms with Crippen LogP contribution in [0.25, 0.3) is 0 Å². The van der Waals surface area contributed by atoms with Gasteiger partial charge in [0.05, 0.1) is 19.3 Å². The molecule has 0 spiro atoms. The van der Waals surface area contributed by atoms with Crippen LogP contribution in [-0.2, 0) is 28.5 Å². The summed E-state index contributed by atoms with van der Waals surface area (Å²) in [4.78, 5) is 23.5. The fourth-order valence-electron chi connectivity index (χ4n) is 5.24. The molecule has 248 valence electrons. The molecule has 0 bridgehead atoms. The van der Waals surface area contributed by atoms with E-state index in [4.69, 9.17) is 28.4 Å². The highest BCUT2D eigenvalue weighted by Crippen LogP contribution is 2.34. The molecular weight excluding hydrogens is 594 g/mol. The average Bonchev–Trinajstić information content (AvgIpc) is 3.01. The molecule has 1 aromatic rings. The monoisotopic (exact) mass is 633 g/mol. The second kappa shape index (κ2) is 14.8. The van der Waals surface area contributed by atoms with Crippen molar-refractivity contribution >= 4 is 12.2 Å². The van der Waals surface area contributed by atoms with Gasteiger partial charge in [0, 0.05) is 12.5 Å². The van der Waals surface area contributed by atoms with E-state index in [1.165, 1.54) is 38.1 Å². The van der Waals surface area contributed by atoms with Crippen LogP contribution in [0.2, 0.25) is 0 Å². The number of aldehydes is 1. The molecule has 3 fully saturated rings. The van der Waals surface area contributed by atoms with Crippen LogP contribution in [0.3, 0.4) is 0 Å². The summed E-state index contributed by atoms with van der Waals surface area (Å²) in [5, 5.41) is 84.9. The highest BCUT2D eigenvalue weighted by atomic mass is 16.8. The van der Waals surface area contributed by atoms with Crippen molar-refractivity contribution in [3.63, 3.8) is 0 Å². The molecule has 0 unspecified atom stereocenters. The molecular formula is C27H39NO16. The van der Waals surface area contributed by atoms with Gasteiger partial charge in [-0.1, -0.05) is 0 Å². The van der Waals surface area contributed by atoms with Gasteiger partial charge in [0.15, 0.2) is 12.6 Å². The third-order valence-corrected chi connectivity index (χ3v) is 7.70. The van der Waals surface area contributed by atoms with Gasteiger partial charge in [-0.2, -0.15) is 0 Å². The first-order chi connectivity index (χ1) is 20.9. The second-order valence-electron chi connectivity index (χ2n) is 10.8. The lowest BCUT2D eigenvalue weighted by Gasteiger charge is -2.50. The lowest BCUT2D eigenvalue weighted by molar-refractivity contribution is -0.368. The number of rotatable bonds is 10. The van der Waals surface area contributed by atoms with Gasteiger partial charge in [-0.25, -0.2) is 0 Å². The van der Waals surface area contributed by atoms with Crippen molar-refractivity contribution in [2.24, 2.45) is 0 Å². The second-order valence-corrected chi connectivity index (χ2v) is 10.8. The maximum absolute atomic E-state index is 12.4. The predicted octanol–water partition coefficient (Wildman–Crippen LogP) is -4.50. The van der Waals surface area contributed by atoms with Gasteiger partial charge in [-0.15, -0.1) is 0 Å². The highest BCUT2D eigenvalue weighted by molar-refractivity contribution is 5.75. The van der Waals surface area contributed by atoms with Gasteiger partial charge in [-0.05, 0) is 31.2 Å². The van der Waals surface area contributed by atoms with Crippen LogP contribution in [0.1, 0.15) is 24.2 Å². The molecule has 0 aliphatic carbocycles. The molecule has 3 aliphatic rings. The number of carbonyl (C=O) groups is 2. The molecule has 1 aromatic carbocycles. The quantitative estimate of drug-likeness (QED) is 0.110. The summed E-state index contributed by atoms with van der Waals surface area (Å²) in [6.45, 7) is 1.05. The van der Waals surface area contributed by atoms with Gasteiger partial charge in [0.1, 0.15) is 79.1 Å². The average molecular weight is 634 g/mol. The number of aliphatic hydroxyl groups excluding tert-OH is 8. The Balaban J connectivity index is 1.71. The van der Waals surface area contributed by atoms with E-state index in [9.17, 15) is 50.4 Å². The van der Waals surface area contributed by atoms with Gasteiger partial charge in [-0.3, -0.25) is 9.59 Å². The van der Waals surface area contributed by atoms with Gasteiger partial charge in [0.25, 0.3) is 0 Å². The summed E-state index contributed by atoms with van der Waals surface area (Å²) in [6.07, 6.45) is -21.3. The Morgan fingerprint density at radius 3 is 1.89 bits per heavy atom. The zero-order valence-corrected chi connectivity index (χ0v) is 23.8. The topological polar surface area (TPSA) is 263 Å². The van der Waals surface area contributed by atoms with Gasteiger partial charge < -0.3 is 74.6 Å². The lowest BCUT2D eigenvalue weighted by Crippen LogP contribution is -2.70. The molecule has 1 amide bonds. The molecule has 44 heavy (non-hydrogen) atoms. The maximum atomic E-state index is 12.4. The number of nitrogens with one attached hydrogen (secondary N) is 1. The minimum Gasteiger partial charge on any atom is -0.463 e. The molecule has 0 radical (unpaired) electrons. The lowest BCUT2D eigenvalue weighted by atomic mass is 9.94. The van der Waals surface area contributed by atoms with Crippen LogP contribution < -0.4 is 10.1 Å². The summed E-state index contributed by atoms with van der Waals surface area (Å²) in [6, 6.07) is 4.49. The smallest absolute Gasteiger partial charge is 0.223 e. The van der Waals surface area contributed by atoms with Crippen LogP contribution in [0.4, 0.5) is 0 Å². The van der Waals surface area contributed by atoms with Crippen LogP contribution in [0.15, 0.2) is 24.3 Å². The summed E-state index contributed by atoms with van der Waals surface area (Å²) >= 11 is 0. The van der Waals surface area contributed by atoms with Crippen molar-refractivity contribution in [1.29, 1.82) is 0 Å². The number of amides is 1. The third kappa shape index (κ3) is 7.37. The molecule has 4 rings (SSSR count). The maximum Gasteiger partial charge on any atom is 0.223 e. The summed E-state index contributed by atoms with van der Waals surface area (Å²) in [5.41, 5.74) is 0.348. The Bertz CT molecular complexity index is 1090. The van der Waals surface area contributed by atoms with Crippen molar-refractivity contribution in [2.45, 2.75) is 106 Å². The summed E-state index contributed by atoms with van der Waals surface area (Å²) < 4.78 is 35.0. The summed E-state index contributed by atoms with van der Waals surface area (Å²) in [5.74, 6) is -0.430. The SMILES string of the molecule is CC(=O)N[C@H]1[C@H](Oc2ccc(C=O)cc2)O[C@H](CO)[C@@H](O[C@@H]2O[C@H](CO)[C@H](O)[C@H](O)[C@H]2O)[C@@H]1O[C@@H]1O[C@@H](C)[C@@H](O)[C@@H](O)[C@@H]1O. The van der Waals surface area contributed by atoms with E-state index in [-0.39, 0.29) is 5.75 Å². The number of aliphatic hydroxyl groups is 8. The van der Waals surface area contributed by atoms with Crippen LogP contribution in [0, 0.1) is 0 Å². The zero-order valence-electron chi connectivity index (χ0n) is 23.8. The van der Waals surface area contributed by atoms with E-state index in [0.29, 0.717) is 11.8 Å². The first kappa shape index (κ1) is 34.5. The number of benzene rings is 1. The normalized spacial score (nSPS) is 42.8. The Hall–Kier alpha value is -2.36. The largest absolute Gasteiger partial charge is 0.463 e. The van der Waals surface area contributed by atoms with Crippen molar-refractivity contribution < 1.29 is 78.9 Å². The molecule has 9 N–H and O–H groups in total. The van der Waals surface area contributed by atoms with E-state index in [2.05, 4.69) is 5.32 Å². The van der Waals surface area contributed by atoms with Gasteiger partial charge >= 0.3 is 0 Å². The number of ether oxygens (including phenoxy) is 6. The Morgan fingerprint density at radius 2 is 1.32 bits per heavy atom. The Morgan fingerprint density at radius 1 is 0.773 bits per heavy atom. The van der Waals surface area contributed by atoms with Crippen molar-refractivity contribution in [3.05, 3.63) is 29.8 Å². The molecule has 17 nitrogen and oxygen atoms in total. The van der Waals surface area contributed by atoms with Crippen molar-refractivity contribution in [3.8, 4) is 5.75 Å². The van der Waals surface area contributed by atoms with E-state index in [1.54, 1.807) is 0 Å². The van der Waals surface area contributed by atoms with Crippen LogP contribution >= 0.6 is 0 Å². The molecule has 0 aromatic heterocycles. The molecule has 3 saturated heterocycles. The zero-order chi connectivity index (χ0) is 32.3. The van der Waals surface area contributed by atoms with Crippen molar-refractivity contribution in [2.75, 3.05) is 13.2 Å². The van der Waals surface area contributed by atoms with E-state index < -0.39 is 111 Å². The van der Waals surface area contributed by atoms with Crippen LogP contribution in [-0.4, -0.2) is 158 Å². The molecule has 3 heterocycles. The fourth-order valence-corrected chi connectivity index (χ4v) is 5.24. The van der Waals surface area contributed by atoms with Crippen LogP contribution in [0.5, 0.6) is 5.75 Å². The molecule has 0 saturated carbocycles. The summed E-state index contributed by atoms with van der Waals surface area (Å²) in [7, 11) is 0. The minimum absolute atomic E-state index is 0.181. The third-order valence-electron chi connectivity index (χ3n) is 7.70. The number of carbonyl (C=O) groups excluding carboxylic acids is 2. The highest BCUT2D eigenvalue weighted by Gasteiger charge is 2.55. The number of hydrogen-bond donors (Lipinski definition) is 9.